The number of ether oxygens (including phenoxy) is 1. The fraction of sp³-hybridized carbons (Fsp3) is 0.900. The van der Waals surface area contributed by atoms with Gasteiger partial charge in [-0.1, -0.05) is 6.92 Å². The molecule has 1 saturated heterocycles. The molecule has 0 aliphatic carbocycles. The topological polar surface area (TPSA) is 36.3 Å². The first-order valence-corrected chi connectivity index (χ1v) is 4.93. The van der Waals surface area contributed by atoms with Gasteiger partial charge in [-0.15, -0.1) is 0 Å². The summed E-state index contributed by atoms with van der Waals surface area (Å²) in [5.41, 5.74) is 0.00764. The van der Waals surface area contributed by atoms with E-state index in [1.165, 1.54) is 0 Å². The van der Waals surface area contributed by atoms with E-state index in [1.54, 1.807) is 0 Å². The Morgan fingerprint density at radius 3 is 3.00 bits per heavy atom. The summed E-state index contributed by atoms with van der Waals surface area (Å²) in [6.07, 6.45) is 1.66. The molecule has 0 saturated carbocycles. The molecule has 1 aliphatic rings. The van der Waals surface area contributed by atoms with Gasteiger partial charge in [0.2, 0.25) is 0 Å². The summed E-state index contributed by atoms with van der Waals surface area (Å²) in [4.78, 5) is 2.32. The van der Waals surface area contributed by atoms with Crippen LogP contribution in [0.25, 0.3) is 0 Å². The van der Waals surface area contributed by atoms with Gasteiger partial charge in [-0.05, 0) is 13.3 Å². The van der Waals surface area contributed by atoms with Crippen LogP contribution in [0.3, 0.4) is 0 Å². The van der Waals surface area contributed by atoms with Crippen LogP contribution >= 0.6 is 0 Å². The molecule has 0 N–H and O–H groups in total. The molecule has 0 aromatic rings. The maximum absolute atomic E-state index is 8.48. The first-order valence-electron chi connectivity index (χ1n) is 4.93. The summed E-state index contributed by atoms with van der Waals surface area (Å²) in [5, 5.41) is 8.48. The molecule has 0 aromatic carbocycles. The Bertz CT molecular complexity index is 200. The van der Waals surface area contributed by atoms with E-state index in [-0.39, 0.29) is 5.60 Å². The fourth-order valence-corrected chi connectivity index (χ4v) is 1.63. The van der Waals surface area contributed by atoms with E-state index >= 15 is 0 Å². The molecule has 1 atom stereocenters. The third kappa shape index (κ3) is 2.98. The van der Waals surface area contributed by atoms with Crippen molar-refractivity contribution in [3.8, 4) is 6.07 Å². The minimum Gasteiger partial charge on any atom is -0.373 e. The molecule has 0 radical (unpaired) electrons. The molecule has 0 bridgehead atoms. The zero-order valence-electron chi connectivity index (χ0n) is 8.55. The largest absolute Gasteiger partial charge is 0.373 e. The number of nitriles is 1. The standard InChI is InChI=1S/C10H18N2O/c1-3-10(2)9-12(6-4-5-11)7-8-13-10/h3-4,6-9H2,1-2H3. The highest BCUT2D eigenvalue weighted by molar-refractivity contribution is 4.83. The Hall–Kier alpha value is -0.590. The van der Waals surface area contributed by atoms with Gasteiger partial charge in [0.25, 0.3) is 0 Å². The summed E-state index contributed by atoms with van der Waals surface area (Å²) >= 11 is 0. The molecule has 1 fully saturated rings. The van der Waals surface area contributed by atoms with Crippen LogP contribution in [0.5, 0.6) is 0 Å². The van der Waals surface area contributed by atoms with Gasteiger partial charge >= 0.3 is 0 Å². The molecule has 1 aliphatic heterocycles. The second-order valence-electron chi connectivity index (χ2n) is 3.84. The highest BCUT2D eigenvalue weighted by Crippen LogP contribution is 2.20. The van der Waals surface area contributed by atoms with Gasteiger partial charge in [-0.2, -0.15) is 5.26 Å². The quantitative estimate of drug-likeness (QED) is 0.662. The predicted molar refractivity (Wildman–Crippen MR) is 51.3 cm³/mol. The lowest BCUT2D eigenvalue weighted by molar-refractivity contribution is -0.0987. The molecule has 0 spiro atoms. The van der Waals surface area contributed by atoms with E-state index in [4.69, 9.17) is 10.00 Å². The van der Waals surface area contributed by atoms with Crippen molar-refractivity contribution in [2.75, 3.05) is 26.2 Å². The monoisotopic (exact) mass is 182 g/mol. The summed E-state index contributed by atoms with van der Waals surface area (Å²) in [5.74, 6) is 0. The van der Waals surface area contributed by atoms with E-state index in [2.05, 4.69) is 24.8 Å². The van der Waals surface area contributed by atoms with Gasteiger partial charge in [-0.3, -0.25) is 4.90 Å². The molecular formula is C10H18N2O. The molecular weight excluding hydrogens is 164 g/mol. The van der Waals surface area contributed by atoms with E-state index in [1.807, 2.05) is 0 Å². The number of rotatable bonds is 3. The average Bonchev–Trinajstić information content (AvgIpc) is 2.15. The van der Waals surface area contributed by atoms with E-state index in [0.29, 0.717) is 6.42 Å². The molecule has 13 heavy (non-hydrogen) atoms. The Morgan fingerprint density at radius 2 is 2.38 bits per heavy atom. The van der Waals surface area contributed by atoms with Gasteiger partial charge in [0.15, 0.2) is 0 Å². The van der Waals surface area contributed by atoms with Crippen LogP contribution in [0.4, 0.5) is 0 Å². The molecule has 0 aromatic heterocycles. The highest BCUT2D eigenvalue weighted by Gasteiger charge is 2.29. The SMILES string of the molecule is CCC1(C)CN(CCC#N)CCO1. The molecule has 0 amide bonds. The van der Waals surface area contributed by atoms with E-state index < -0.39 is 0 Å². The van der Waals surface area contributed by atoms with Crippen LogP contribution < -0.4 is 0 Å². The Morgan fingerprint density at radius 1 is 1.62 bits per heavy atom. The predicted octanol–water partition coefficient (Wildman–Crippen LogP) is 1.40. The maximum atomic E-state index is 8.48. The summed E-state index contributed by atoms with van der Waals surface area (Å²) in [7, 11) is 0. The smallest absolute Gasteiger partial charge is 0.0778 e. The van der Waals surface area contributed by atoms with Gasteiger partial charge < -0.3 is 4.74 Å². The van der Waals surface area contributed by atoms with Crippen LogP contribution in [0.1, 0.15) is 26.7 Å². The fourth-order valence-electron chi connectivity index (χ4n) is 1.63. The highest BCUT2D eigenvalue weighted by atomic mass is 16.5. The van der Waals surface area contributed by atoms with Crippen LogP contribution in [-0.4, -0.2) is 36.7 Å². The van der Waals surface area contributed by atoms with Crippen molar-refractivity contribution in [2.24, 2.45) is 0 Å². The molecule has 3 heteroatoms. The van der Waals surface area contributed by atoms with E-state index in [0.717, 1.165) is 32.7 Å². The average molecular weight is 182 g/mol. The van der Waals surface area contributed by atoms with Gasteiger partial charge in [0, 0.05) is 26.1 Å². The molecule has 1 unspecified atom stereocenters. The lowest BCUT2D eigenvalue weighted by Crippen LogP contribution is -2.49. The minimum atomic E-state index is 0.00764. The van der Waals surface area contributed by atoms with Crippen LogP contribution in [0.15, 0.2) is 0 Å². The molecule has 1 heterocycles. The third-order valence-corrected chi connectivity index (χ3v) is 2.70. The van der Waals surface area contributed by atoms with Gasteiger partial charge in [0.05, 0.1) is 18.3 Å². The van der Waals surface area contributed by atoms with Crippen molar-refractivity contribution >= 4 is 0 Å². The first kappa shape index (κ1) is 10.5. The summed E-state index contributed by atoms with van der Waals surface area (Å²) in [6.45, 7) is 7.91. The number of hydrogen-bond acceptors (Lipinski definition) is 3. The third-order valence-electron chi connectivity index (χ3n) is 2.70. The van der Waals surface area contributed by atoms with Crippen molar-refractivity contribution in [1.29, 1.82) is 5.26 Å². The Balaban J connectivity index is 2.38. The molecule has 3 nitrogen and oxygen atoms in total. The molecule has 74 valence electrons. The van der Waals surface area contributed by atoms with E-state index in [9.17, 15) is 0 Å². The Labute approximate surface area is 80.3 Å². The Kier molecular flexibility index (Phi) is 3.71. The number of nitrogens with zero attached hydrogens (tertiary/aromatic N) is 2. The lowest BCUT2D eigenvalue weighted by atomic mass is 10.0. The zero-order chi connectivity index (χ0) is 9.73. The van der Waals surface area contributed by atoms with Gasteiger partial charge in [-0.25, -0.2) is 0 Å². The van der Waals surface area contributed by atoms with Crippen molar-refractivity contribution in [3.63, 3.8) is 0 Å². The number of morpholine rings is 1. The maximum Gasteiger partial charge on any atom is 0.0778 e. The normalized spacial score (nSPS) is 29.9. The van der Waals surface area contributed by atoms with Crippen LogP contribution in [0, 0.1) is 11.3 Å². The minimum absolute atomic E-state index is 0.00764. The zero-order valence-corrected chi connectivity index (χ0v) is 8.55. The van der Waals surface area contributed by atoms with Crippen molar-refractivity contribution in [2.45, 2.75) is 32.3 Å². The number of hydrogen-bond donors (Lipinski definition) is 0. The van der Waals surface area contributed by atoms with Crippen LogP contribution in [-0.2, 0) is 4.74 Å². The molecule has 1 rings (SSSR count). The first-order chi connectivity index (χ1) is 6.20. The van der Waals surface area contributed by atoms with Crippen molar-refractivity contribution < 1.29 is 4.74 Å². The van der Waals surface area contributed by atoms with Gasteiger partial charge in [0.1, 0.15) is 0 Å². The summed E-state index contributed by atoms with van der Waals surface area (Å²) < 4.78 is 5.70. The second kappa shape index (κ2) is 4.59. The second-order valence-corrected chi connectivity index (χ2v) is 3.84. The van der Waals surface area contributed by atoms with Crippen molar-refractivity contribution in [3.05, 3.63) is 0 Å². The lowest BCUT2D eigenvalue weighted by Gasteiger charge is -2.39. The van der Waals surface area contributed by atoms with Crippen molar-refractivity contribution in [1.82, 2.24) is 4.90 Å². The summed E-state index contributed by atoms with van der Waals surface area (Å²) in [6, 6.07) is 2.18. The van der Waals surface area contributed by atoms with Crippen LogP contribution in [0.2, 0.25) is 0 Å².